The molecule has 0 N–H and O–H groups in total. The minimum Gasteiger partial charge on any atom is -0.496 e. The standard InChI is InChI=1S/C27H30N2O3/c1-32-23-16-10-8-14-21(23)24-25(28-18-17-19-11-7-9-15-22(19)28)27(31)29(26(24)30)20-12-5-3-2-4-6-13-20/h7-11,14-16,20H,2-6,12-13,17-18H2,1H3. The van der Waals surface area contributed by atoms with Crippen molar-refractivity contribution in [2.75, 3.05) is 18.6 Å². The van der Waals surface area contributed by atoms with Gasteiger partial charge in [0.2, 0.25) is 0 Å². The number of anilines is 1. The van der Waals surface area contributed by atoms with Gasteiger partial charge in [-0.2, -0.15) is 0 Å². The van der Waals surface area contributed by atoms with E-state index < -0.39 is 0 Å². The number of carbonyl (C=O) groups excluding carboxylic acids is 2. The number of methoxy groups -OCH3 is 1. The van der Waals surface area contributed by atoms with Gasteiger partial charge in [-0.15, -0.1) is 0 Å². The quantitative estimate of drug-likeness (QED) is 0.644. The molecule has 0 radical (unpaired) electrons. The summed E-state index contributed by atoms with van der Waals surface area (Å²) in [4.78, 5) is 31.5. The second-order valence-corrected chi connectivity index (χ2v) is 8.93. The van der Waals surface area contributed by atoms with Crippen molar-refractivity contribution in [3.63, 3.8) is 0 Å². The second-order valence-electron chi connectivity index (χ2n) is 8.93. The van der Waals surface area contributed by atoms with Crippen LogP contribution in [0.3, 0.4) is 0 Å². The fraction of sp³-hybridized carbons (Fsp3) is 0.407. The lowest BCUT2D eigenvalue weighted by molar-refractivity contribution is -0.140. The zero-order valence-electron chi connectivity index (χ0n) is 18.7. The molecule has 0 unspecified atom stereocenters. The minimum atomic E-state index is -0.176. The number of benzene rings is 2. The lowest BCUT2D eigenvalue weighted by Crippen LogP contribution is -2.42. The maximum absolute atomic E-state index is 14.0. The Kier molecular flexibility index (Phi) is 5.73. The van der Waals surface area contributed by atoms with Crippen molar-refractivity contribution >= 4 is 23.1 Å². The molecular weight excluding hydrogens is 400 g/mol. The van der Waals surface area contributed by atoms with E-state index in [1.165, 1.54) is 24.8 Å². The predicted molar refractivity (Wildman–Crippen MR) is 125 cm³/mol. The molecule has 1 aliphatic carbocycles. The van der Waals surface area contributed by atoms with E-state index in [1.54, 1.807) is 12.0 Å². The van der Waals surface area contributed by atoms with Crippen molar-refractivity contribution in [2.24, 2.45) is 0 Å². The fourth-order valence-corrected chi connectivity index (χ4v) is 5.47. The number of amides is 2. The van der Waals surface area contributed by atoms with E-state index in [9.17, 15) is 9.59 Å². The number of hydrogen-bond acceptors (Lipinski definition) is 4. The van der Waals surface area contributed by atoms with E-state index in [0.29, 0.717) is 29.1 Å². The number of para-hydroxylation sites is 2. The summed E-state index contributed by atoms with van der Waals surface area (Å²) >= 11 is 0. The van der Waals surface area contributed by atoms with Crippen LogP contribution in [-0.4, -0.2) is 36.4 Å². The second kappa shape index (κ2) is 8.81. The average Bonchev–Trinajstić information content (AvgIpc) is 3.32. The van der Waals surface area contributed by atoms with Crippen molar-refractivity contribution in [1.29, 1.82) is 0 Å². The van der Waals surface area contributed by atoms with Gasteiger partial charge in [-0.05, 0) is 37.0 Å². The molecule has 2 aliphatic heterocycles. The Hall–Kier alpha value is -3.08. The Labute approximate surface area is 189 Å². The van der Waals surface area contributed by atoms with E-state index in [4.69, 9.17) is 4.74 Å². The first-order valence-corrected chi connectivity index (χ1v) is 11.8. The molecule has 5 nitrogen and oxygen atoms in total. The van der Waals surface area contributed by atoms with Crippen LogP contribution in [0.15, 0.2) is 54.2 Å². The van der Waals surface area contributed by atoms with Crippen LogP contribution in [-0.2, 0) is 16.0 Å². The van der Waals surface area contributed by atoms with Gasteiger partial charge < -0.3 is 9.64 Å². The molecule has 2 heterocycles. The van der Waals surface area contributed by atoms with E-state index in [2.05, 4.69) is 11.0 Å². The molecule has 32 heavy (non-hydrogen) atoms. The number of hydrogen-bond donors (Lipinski definition) is 0. The Morgan fingerprint density at radius 2 is 1.53 bits per heavy atom. The van der Waals surface area contributed by atoms with Gasteiger partial charge in [0.25, 0.3) is 11.8 Å². The summed E-state index contributed by atoms with van der Waals surface area (Å²) < 4.78 is 5.60. The van der Waals surface area contributed by atoms with Crippen molar-refractivity contribution < 1.29 is 14.3 Å². The molecule has 0 saturated heterocycles. The fourth-order valence-electron chi connectivity index (χ4n) is 5.47. The highest BCUT2D eigenvalue weighted by atomic mass is 16.5. The highest BCUT2D eigenvalue weighted by Crippen LogP contribution is 2.42. The summed E-state index contributed by atoms with van der Waals surface area (Å²) in [6, 6.07) is 15.7. The molecular formula is C27H30N2O3. The minimum absolute atomic E-state index is 0.0321. The number of nitrogens with zero attached hydrogens (tertiary/aromatic N) is 2. The molecule has 1 saturated carbocycles. The van der Waals surface area contributed by atoms with Crippen LogP contribution in [0.4, 0.5) is 5.69 Å². The zero-order valence-corrected chi connectivity index (χ0v) is 18.7. The largest absolute Gasteiger partial charge is 0.496 e. The highest BCUT2D eigenvalue weighted by Gasteiger charge is 2.46. The van der Waals surface area contributed by atoms with E-state index in [0.717, 1.165) is 37.8 Å². The lowest BCUT2D eigenvalue weighted by atomic mass is 9.95. The molecule has 166 valence electrons. The molecule has 2 aromatic carbocycles. The number of imide groups is 1. The van der Waals surface area contributed by atoms with Crippen LogP contribution in [0, 0.1) is 0 Å². The van der Waals surface area contributed by atoms with Crippen LogP contribution in [0.2, 0.25) is 0 Å². The third-order valence-electron chi connectivity index (χ3n) is 7.06. The Balaban J connectivity index is 1.62. The molecule has 2 amide bonds. The molecule has 5 rings (SSSR count). The van der Waals surface area contributed by atoms with Gasteiger partial charge in [-0.3, -0.25) is 14.5 Å². The van der Waals surface area contributed by atoms with Gasteiger partial charge in [0.1, 0.15) is 11.4 Å². The number of ether oxygens (including phenoxy) is 1. The highest BCUT2D eigenvalue weighted by molar-refractivity contribution is 6.37. The van der Waals surface area contributed by atoms with Gasteiger partial charge in [0.05, 0.1) is 12.7 Å². The zero-order chi connectivity index (χ0) is 22.1. The number of carbonyl (C=O) groups is 2. The van der Waals surface area contributed by atoms with Crippen LogP contribution in [0.5, 0.6) is 5.75 Å². The van der Waals surface area contributed by atoms with Crippen molar-refractivity contribution in [1.82, 2.24) is 4.90 Å². The van der Waals surface area contributed by atoms with Crippen LogP contribution in [0.1, 0.15) is 56.1 Å². The number of rotatable bonds is 4. The van der Waals surface area contributed by atoms with Crippen LogP contribution < -0.4 is 9.64 Å². The summed E-state index contributed by atoms with van der Waals surface area (Å²) in [6.45, 7) is 0.699. The molecule has 0 bridgehead atoms. The summed E-state index contributed by atoms with van der Waals surface area (Å²) in [5.41, 5.74) is 3.92. The van der Waals surface area contributed by atoms with Gasteiger partial charge >= 0.3 is 0 Å². The van der Waals surface area contributed by atoms with E-state index in [1.807, 2.05) is 42.5 Å². The van der Waals surface area contributed by atoms with Crippen molar-refractivity contribution in [2.45, 2.75) is 57.4 Å². The Bertz CT molecular complexity index is 1070. The molecule has 2 aromatic rings. The SMILES string of the molecule is COc1ccccc1C1=C(N2CCc3ccccc32)C(=O)N(C2CCCCCCC2)C1=O. The summed E-state index contributed by atoms with van der Waals surface area (Å²) in [6.07, 6.45) is 8.36. The van der Waals surface area contributed by atoms with Crippen molar-refractivity contribution in [3.8, 4) is 5.75 Å². The summed E-state index contributed by atoms with van der Waals surface area (Å²) in [5.74, 6) is 0.288. The lowest BCUT2D eigenvalue weighted by Gasteiger charge is -2.29. The van der Waals surface area contributed by atoms with Gasteiger partial charge in [0.15, 0.2) is 0 Å². The van der Waals surface area contributed by atoms with Gasteiger partial charge in [0, 0.05) is 23.8 Å². The molecule has 3 aliphatic rings. The third kappa shape index (κ3) is 3.50. The first-order chi connectivity index (χ1) is 15.7. The summed E-state index contributed by atoms with van der Waals surface area (Å²) in [5, 5.41) is 0. The normalized spacial score (nSPS) is 19.9. The third-order valence-corrected chi connectivity index (χ3v) is 7.06. The molecule has 0 aromatic heterocycles. The monoisotopic (exact) mass is 430 g/mol. The molecule has 1 fully saturated rings. The van der Waals surface area contributed by atoms with Crippen LogP contribution in [0.25, 0.3) is 5.57 Å². The number of fused-ring (bicyclic) bond motifs is 1. The summed E-state index contributed by atoms with van der Waals surface area (Å²) in [7, 11) is 1.61. The van der Waals surface area contributed by atoms with Gasteiger partial charge in [-0.25, -0.2) is 0 Å². The smallest absolute Gasteiger partial charge is 0.278 e. The molecule has 0 atom stereocenters. The first-order valence-electron chi connectivity index (χ1n) is 11.8. The Morgan fingerprint density at radius 3 is 2.31 bits per heavy atom. The van der Waals surface area contributed by atoms with E-state index >= 15 is 0 Å². The van der Waals surface area contributed by atoms with E-state index in [-0.39, 0.29) is 17.9 Å². The predicted octanol–water partition coefficient (Wildman–Crippen LogP) is 4.95. The maximum atomic E-state index is 14.0. The van der Waals surface area contributed by atoms with Crippen LogP contribution >= 0.6 is 0 Å². The molecule has 0 spiro atoms. The first kappa shape index (κ1) is 20.8. The molecule has 5 heteroatoms. The topological polar surface area (TPSA) is 49.9 Å². The van der Waals surface area contributed by atoms with Gasteiger partial charge in [-0.1, -0.05) is 68.5 Å². The maximum Gasteiger partial charge on any atom is 0.278 e. The average molecular weight is 431 g/mol. The Morgan fingerprint density at radius 1 is 0.844 bits per heavy atom. The van der Waals surface area contributed by atoms with Crippen molar-refractivity contribution in [3.05, 3.63) is 65.4 Å².